The third kappa shape index (κ3) is 1.56. The van der Waals surface area contributed by atoms with Crippen molar-refractivity contribution < 1.29 is 0 Å². The molecule has 17 heavy (non-hydrogen) atoms. The topological polar surface area (TPSA) is 26.0 Å². The molecule has 4 saturated carbocycles. The van der Waals surface area contributed by atoms with Crippen molar-refractivity contribution in [2.75, 3.05) is 11.5 Å². The summed E-state index contributed by atoms with van der Waals surface area (Å²) in [6.07, 6.45) is 11.8. The maximum absolute atomic E-state index is 6.94. The molecule has 0 aromatic heterocycles. The summed E-state index contributed by atoms with van der Waals surface area (Å²) in [7, 11) is 0. The summed E-state index contributed by atoms with van der Waals surface area (Å²) in [6.45, 7) is 0. The first kappa shape index (κ1) is 11.2. The lowest BCUT2D eigenvalue weighted by atomic mass is 9.44. The predicted octanol–water partition coefficient (Wildman–Crippen LogP) is 3.43. The molecule has 0 aromatic rings. The van der Waals surface area contributed by atoms with E-state index >= 15 is 0 Å². The number of rotatable bonds is 1. The molecule has 2 N–H and O–H groups in total. The smallest absolute Gasteiger partial charge is 0.0303 e. The summed E-state index contributed by atoms with van der Waals surface area (Å²) in [4.78, 5) is 0. The van der Waals surface area contributed by atoms with Gasteiger partial charge in [0.05, 0.1) is 0 Å². The molecule has 0 amide bonds. The molecule has 0 aromatic carbocycles. The van der Waals surface area contributed by atoms with E-state index < -0.39 is 0 Å². The minimum atomic E-state index is 0.200. The fraction of sp³-hybridized carbons (Fsp3) is 1.00. The monoisotopic (exact) mass is 251 g/mol. The first-order valence-corrected chi connectivity index (χ1v) is 8.71. The quantitative estimate of drug-likeness (QED) is 0.772. The summed E-state index contributed by atoms with van der Waals surface area (Å²) in [5, 5.41) is 0. The van der Waals surface area contributed by atoms with Crippen LogP contribution < -0.4 is 5.73 Å². The first-order chi connectivity index (χ1) is 8.19. The molecule has 5 aliphatic rings. The molecule has 1 unspecified atom stereocenters. The van der Waals surface area contributed by atoms with Crippen molar-refractivity contribution in [2.24, 2.45) is 28.9 Å². The van der Waals surface area contributed by atoms with Crippen LogP contribution in [-0.4, -0.2) is 17.0 Å². The van der Waals surface area contributed by atoms with Crippen molar-refractivity contribution in [3.05, 3.63) is 0 Å². The van der Waals surface area contributed by atoms with Gasteiger partial charge in [-0.3, -0.25) is 0 Å². The van der Waals surface area contributed by atoms with Gasteiger partial charge < -0.3 is 5.73 Å². The highest BCUT2D eigenvalue weighted by molar-refractivity contribution is 7.99. The molecule has 96 valence electrons. The number of thioether (sulfide) groups is 1. The van der Waals surface area contributed by atoms with Gasteiger partial charge in [0.15, 0.2) is 0 Å². The van der Waals surface area contributed by atoms with E-state index in [1.165, 1.54) is 43.6 Å². The Bertz CT molecular complexity index is 284. The summed E-state index contributed by atoms with van der Waals surface area (Å²) in [5.74, 6) is 5.75. The van der Waals surface area contributed by atoms with Gasteiger partial charge in [-0.15, -0.1) is 0 Å². The zero-order chi connectivity index (χ0) is 11.5. The Balaban J connectivity index is 1.67. The summed E-state index contributed by atoms with van der Waals surface area (Å²) < 4.78 is 0. The lowest BCUT2D eigenvalue weighted by Gasteiger charge is -2.63. The number of hydrogen-bond donors (Lipinski definition) is 1. The van der Waals surface area contributed by atoms with Crippen LogP contribution in [-0.2, 0) is 0 Å². The van der Waals surface area contributed by atoms with Crippen LogP contribution in [0.1, 0.15) is 51.4 Å². The fourth-order valence-corrected chi connectivity index (χ4v) is 7.26. The minimum absolute atomic E-state index is 0.200. The van der Waals surface area contributed by atoms with Crippen LogP contribution in [0.3, 0.4) is 0 Å². The molecule has 0 radical (unpaired) electrons. The van der Waals surface area contributed by atoms with Crippen molar-refractivity contribution in [1.82, 2.24) is 0 Å². The molecule has 1 saturated heterocycles. The Morgan fingerprint density at radius 2 is 1.53 bits per heavy atom. The first-order valence-electron chi connectivity index (χ1n) is 7.56. The van der Waals surface area contributed by atoms with E-state index in [1.54, 1.807) is 19.3 Å². The van der Waals surface area contributed by atoms with Gasteiger partial charge in [-0.05, 0) is 80.3 Å². The molecular weight excluding hydrogens is 226 g/mol. The maximum atomic E-state index is 6.94. The zero-order valence-corrected chi connectivity index (χ0v) is 11.6. The second kappa shape index (κ2) is 3.66. The van der Waals surface area contributed by atoms with Crippen LogP contribution >= 0.6 is 11.8 Å². The molecule has 1 atom stereocenters. The molecule has 5 rings (SSSR count). The zero-order valence-electron chi connectivity index (χ0n) is 10.8. The summed E-state index contributed by atoms with van der Waals surface area (Å²) in [5.41, 5.74) is 7.70. The van der Waals surface area contributed by atoms with Crippen molar-refractivity contribution in [2.45, 2.75) is 56.9 Å². The Labute approximate surface area is 109 Å². The van der Waals surface area contributed by atoms with Crippen molar-refractivity contribution in [3.8, 4) is 0 Å². The van der Waals surface area contributed by atoms with Gasteiger partial charge in [0.25, 0.3) is 0 Å². The van der Waals surface area contributed by atoms with E-state index in [0.29, 0.717) is 5.41 Å². The van der Waals surface area contributed by atoms with Gasteiger partial charge in [0.1, 0.15) is 0 Å². The van der Waals surface area contributed by atoms with Gasteiger partial charge in [0, 0.05) is 11.3 Å². The highest BCUT2D eigenvalue weighted by Crippen LogP contribution is 2.64. The van der Waals surface area contributed by atoms with Crippen molar-refractivity contribution in [1.29, 1.82) is 0 Å². The molecule has 0 spiro atoms. The van der Waals surface area contributed by atoms with E-state index in [1.807, 2.05) is 0 Å². The van der Waals surface area contributed by atoms with Gasteiger partial charge in [-0.25, -0.2) is 0 Å². The van der Waals surface area contributed by atoms with Gasteiger partial charge in [0.2, 0.25) is 0 Å². The second-order valence-electron chi connectivity index (χ2n) is 7.51. The van der Waals surface area contributed by atoms with Crippen LogP contribution in [0.25, 0.3) is 0 Å². The van der Waals surface area contributed by atoms with Crippen LogP contribution in [0.4, 0.5) is 0 Å². The Hall–Kier alpha value is 0.310. The summed E-state index contributed by atoms with van der Waals surface area (Å²) in [6, 6.07) is 0. The van der Waals surface area contributed by atoms with Crippen LogP contribution in [0.2, 0.25) is 0 Å². The number of nitrogens with two attached hydrogens (primary N) is 1. The Kier molecular flexibility index (Phi) is 2.40. The highest BCUT2D eigenvalue weighted by Gasteiger charge is 2.58. The van der Waals surface area contributed by atoms with E-state index in [2.05, 4.69) is 11.8 Å². The lowest BCUT2D eigenvalue weighted by Crippen LogP contribution is -2.64. The van der Waals surface area contributed by atoms with E-state index in [4.69, 9.17) is 5.73 Å². The minimum Gasteiger partial charge on any atom is -0.324 e. The standard InChI is InChI=1S/C15H25NS/c16-15(2-1-3-17-10-15)14-7-11-4-12(8-14)6-13(5-11)9-14/h11-13H,1-10,16H2. The Morgan fingerprint density at radius 3 is 2.00 bits per heavy atom. The van der Waals surface area contributed by atoms with Gasteiger partial charge in [-0.1, -0.05) is 0 Å². The maximum Gasteiger partial charge on any atom is 0.0303 e. The van der Waals surface area contributed by atoms with Crippen molar-refractivity contribution in [3.63, 3.8) is 0 Å². The second-order valence-corrected chi connectivity index (χ2v) is 8.62. The highest BCUT2D eigenvalue weighted by atomic mass is 32.2. The number of hydrogen-bond acceptors (Lipinski definition) is 2. The lowest BCUT2D eigenvalue weighted by molar-refractivity contribution is -0.0943. The molecule has 4 bridgehead atoms. The van der Waals surface area contributed by atoms with Crippen LogP contribution in [0.15, 0.2) is 0 Å². The van der Waals surface area contributed by atoms with Crippen molar-refractivity contribution >= 4 is 11.8 Å². The third-order valence-corrected chi connectivity index (χ3v) is 7.66. The molecule has 1 nitrogen and oxygen atoms in total. The predicted molar refractivity (Wildman–Crippen MR) is 74.1 cm³/mol. The van der Waals surface area contributed by atoms with E-state index in [-0.39, 0.29) is 5.54 Å². The molecule has 5 fully saturated rings. The van der Waals surface area contributed by atoms with Gasteiger partial charge in [-0.2, -0.15) is 11.8 Å². The molecule has 2 heteroatoms. The Morgan fingerprint density at radius 1 is 0.941 bits per heavy atom. The third-order valence-electron chi connectivity index (χ3n) is 6.37. The normalized spacial score (nSPS) is 57.4. The average Bonchev–Trinajstić information content (AvgIpc) is 2.28. The average molecular weight is 251 g/mol. The molecular formula is C15H25NS. The molecule has 1 heterocycles. The van der Waals surface area contributed by atoms with Crippen LogP contribution in [0, 0.1) is 23.2 Å². The molecule has 1 aliphatic heterocycles. The van der Waals surface area contributed by atoms with E-state index in [0.717, 1.165) is 17.8 Å². The largest absolute Gasteiger partial charge is 0.324 e. The SMILES string of the molecule is NC1(C23CC4CC(CC(C4)C2)C3)CCCSC1. The van der Waals surface area contributed by atoms with E-state index in [9.17, 15) is 0 Å². The summed E-state index contributed by atoms with van der Waals surface area (Å²) >= 11 is 2.13. The van der Waals surface area contributed by atoms with Gasteiger partial charge >= 0.3 is 0 Å². The fourth-order valence-electron chi connectivity index (χ4n) is 5.95. The van der Waals surface area contributed by atoms with Crippen LogP contribution in [0.5, 0.6) is 0 Å². The molecule has 4 aliphatic carbocycles.